The number of benzene rings is 1. The molecule has 11 heteroatoms. The Kier molecular flexibility index (Phi) is 7.35. The highest BCUT2D eigenvalue weighted by Gasteiger charge is 2.33. The molecule has 1 aromatic carbocycles. The highest BCUT2D eigenvalue weighted by atomic mass is 35.5. The minimum absolute atomic E-state index is 0.185. The molecule has 2 amide bonds. The van der Waals surface area contributed by atoms with Crippen molar-refractivity contribution in [3.8, 4) is 0 Å². The smallest absolute Gasteiger partial charge is 0.414 e. The summed E-state index contributed by atoms with van der Waals surface area (Å²) in [6.07, 6.45) is 2.88. The van der Waals surface area contributed by atoms with Crippen molar-refractivity contribution in [2.45, 2.75) is 31.6 Å². The van der Waals surface area contributed by atoms with E-state index in [2.05, 4.69) is 15.5 Å². The largest absolute Gasteiger partial charge is 0.465 e. The first-order valence-electron chi connectivity index (χ1n) is 11.9. The van der Waals surface area contributed by atoms with Crippen LogP contribution in [0.15, 0.2) is 53.1 Å². The molecular formula is C25H27ClN4O5S. The number of cyclic esters (lactones) is 1. The molecule has 190 valence electrons. The number of carbonyl (C=O) groups is 2. The Morgan fingerprint density at radius 3 is 2.75 bits per heavy atom. The summed E-state index contributed by atoms with van der Waals surface area (Å²) >= 11 is 7.10. The van der Waals surface area contributed by atoms with Gasteiger partial charge in [-0.2, -0.15) is 0 Å². The zero-order chi connectivity index (χ0) is 25.1. The molecule has 0 aliphatic carbocycles. The van der Waals surface area contributed by atoms with E-state index in [1.165, 1.54) is 28.9 Å². The van der Waals surface area contributed by atoms with E-state index in [-0.39, 0.29) is 19.0 Å². The lowest BCUT2D eigenvalue weighted by Crippen LogP contribution is -2.34. The van der Waals surface area contributed by atoms with Crippen molar-refractivity contribution in [3.63, 3.8) is 0 Å². The maximum atomic E-state index is 12.7. The van der Waals surface area contributed by atoms with E-state index >= 15 is 0 Å². The molecular weight excluding hydrogens is 504 g/mol. The average molecular weight is 531 g/mol. The second-order valence-electron chi connectivity index (χ2n) is 8.74. The van der Waals surface area contributed by atoms with Crippen molar-refractivity contribution < 1.29 is 23.8 Å². The quantitative estimate of drug-likeness (QED) is 0.358. The standard InChI is InChI=1S/C25H27ClN4O5S/c26-22-9-8-21(36-22)24(32)27-14-17-15-30(25(33)35-17)16-6-7-19(29-10-2-1-3-11-29)18(13-16)28-23(31)20-5-4-12-34-20/h4-9,12-13,17,23,28,31H,1-3,10-11,14-15H2,(H,27,32). The lowest BCUT2D eigenvalue weighted by atomic mass is 10.1. The average Bonchev–Trinajstić information content (AvgIpc) is 3.65. The topological polar surface area (TPSA) is 107 Å². The van der Waals surface area contributed by atoms with Crippen LogP contribution in [0.2, 0.25) is 4.34 Å². The van der Waals surface area contributed by atoms with Crippen molar-refractivity contribution in [2.24, 2.45) is 0 Å². The van der Waals surface area contributed by atoms with Gasteiger partial charge in [-0.15, -0.1) is 11.3 Å². The second-order valence-corrected chi connectivity index (χ2v) is 10.5. The van der Waals surface area contributed by atoms with Crippen LogP contribution < -0.4 is 20.4 Å². The van der Waals surface area contributed by atoms with Gasteiger partial charge in [-0.1, -0.05) is 11.6 Å². The molecule has 0 radical (unpaired) electrons. The molecule has 2 aromatic heterocycles. The van der Waals surface area contributed by atoms with Gasteiger partial charge in [-0.25, -0.2) is 4.79 Å². The molecule has 5 rings (SSSR count). The Morgan fingerprint density at radius 2 is 2.03 bits per heavy atom. The number of thiophene rings is 1. The molecule has 2 fully saturated rings. The van der Waals surface area contributed by atoms with Crippen molar-refractivity contribution in [1.29, 1.82) is 0 Å². The molecule has 0 saturated carbocycles. The molecule has 2 saturated heterocycles. The van der Waals surface area contributed by atoms with E-state index in [1.54, 1.807) is 24.3 Å². The first-order valence-corrected chi connectivity index (χ1v) is 13.1. The number of hydrogen-bond donors (Lipinski definition) is 3. The Balaban J connectivity index is 1.31. The van der Waals surface area contributed by atoms with Gasteiger partial charge in [-0.3, -0.25) is 9.69 Å². The van der Waals surface area contributed by atoms with Crippen LogP contribution in [-0.4, -0.2) is 49.4 Å². The Bertz CT molecular complexity index is 1210. The van der Waals surface area contributed by atoms with Crippen LogP contribution in [0.5, 0.6) is 0 Å². The van der Waals surface area contributed by atoms with Gasteiger partial charge in [-0.05, 0) is 61.7 Å². The fourth-order valence-electron chi connectivity index (χ4n) is 4.45. The summed E-state index contributed by atoms with van der Waals surface area (Å²) in [5.74, 6) is 0.138. The number of carbonyl (C=O) groups excluding carboxylic acids is 2. The molecule has 9 nitrogen and oxygen atoms in total. The number of rotatable bonds is 8. The van der Waals surface area contributed by atoms with E-state index < -0.39 is 18.4 Å². The van der Waals surface area contributed by atoms with E-state index in [4.69, 9.17) is 20.8 Å². The van der Waals surface area contributed by atoms with Crippen LogP contribution in [0, 0.1) is 0 Å². The van der Waals surface area contributed by atoms with Crippen molar-refractivity contribution in [2.75, 3.05) is 41.3 Å². The SMILES string of the molecule is O=C(NCC1CN(c2ccc(N3CCCCC3)c(NC(O)c3ccco3)c2)C(=O)O1)c1ccc(Cl)s1. The van der Waals surface area contributed by atoms with Gasteiger partial charge in [0.15, 0.2) is 12.0 Å². The summed E-state index contributed by atoms with van der Waals surface area (Å²) < 4.78 is 11.4. The summed E-state index contributed by atoms with van der Waals surface area (Å²) in [6, 6.07) is 12.4. The third-order valence-electron chi connectivity index (χ3n) is 6.25. The summed E-state index contributed by atoms with van der Waals surface area (Å²) in [5.41, 5.74) is 2.28. The number of ether oxygens (including phenoxy) is 1. The molecule has 2 aliphatic rings. The molecule has 4 heterocycles. The van der Waals surface area contributed by atoms with E-state index in [9.17, 15) is 14.7 Å². The molecule has 0 bridgehead atoms. The second kappa shape index (κ2) is 10.8. The van der Waals surface area contributed by atoms with Crippen LogP contribution in [0.4, 0.5) is 21.9 Å². The van der Waals surface area contributed by atoms with Gasteiger partial charge in [0.1, 0.15) is 6.10 Å². The minimum atomic E-state index is -1.04. The van der Waals surface area contributed by atoms with Crippen LogP contribution in [-0.2, 0) is 4.74 Å². The maximum Gasteiger partial charge on any atom is 0.414 e. The van der Waals surface area contributed by atoms with Crippen LogP contribution in [0.3, 0.4) is 0 Å². The zero-order valence-corrected chi connectivity index (χ0v) is 21.1. The van der Waals surface area contributed by atoms with Gasteiger partial charge < -0.3 is 29.8 Å². The number of amides is 2. The number of nitrogens with one attached hydrogen (secondary N) is 2. The van der Waals surface area contributed by atoms with Crippen molar-refractivity contribution in [3.05, 3.63) is 63.7 Å². The molecule has 0 spiro atoms. The van der Waals surface area contributed by atoms with Gasteiger partial charge in [0, 0.05) is 18.8 Å². The van der Waals surface area contributed by atoms with Crippen molar-refractivity contribution in [1.82, 2.24) is 5.32 Å². The highest BCUT2D eigenvalue weighted by molar-refractivity contribution is 7.18. The highest BCUT2D eigenvalue weighted by Crippen LogP contribution is 2.35. The van der Waals surface area contributed by atoms with Gasteiger partial charge in [0.25, 0.3) is 5.91 Å². The number of furan rings is 1. The van der Waals surface area contributed by atoms with Gasteiger partial charge >= 0.3 is 6.09 Å². The predicted molar refractivity (Wildman–Crippen MR) is 139 cm³/mol. The van der Waals surface area contributed by atoms with E-state index in [0.29, 0.717) is 26.3 Å². The number of piperidine rings is 1. The molecule has 2 atom stereocenters. The number of anilines is 3. The normalized spacial score (nSPS) is 18.7. The van der Waals surface area contributed by atoms with Gasteiger partial charge in [0.05, 0.1) is 39.9 Å². The first-order chi connectivity index (χ1) is 17.5. The number of aliphatic hydroxyl groups is 1. The molecule has 3 N–H and O–H groups in total. The fraction of sp³-hybridized carbons (Fsp3) is 0.360. The van der Waals surface area contributed by atoms with Crippen LogP contribution in [0.1, 0.15) is 40.9 Å². The predicted octanol–water partition coefficient (Wildman–Crippen LogP) is 4.84. The van der Waals surface area contributed by atoms with E-state index in [1.807, 2.05) is 18.2 Å². The molecule has 3 aromatic rings. The lowest BCUT2D eigenvalue weighted by Gasteiger charge is -2.32. The minimum Gasteiger partial charge on any atom is -0.465 e. The summed E-state index contributed by atoms with van der Waals surface area (Å²) in [6.45, 7) is 2.32. The van der Waals surface area contributed by atoms with Crippen molar-refractivity contribution >= 4 is 52.0 Å². The lowest BCUT2D eigenvalue weighted by molar-refractivity contribution is 0.0920. The number of hydrogen-bond acceptors (Lipinski definition) is 8. The zero-order valence-electron chi connectivity index (χ0n) is 19.5. The summed E-state index contributed by atoms with van der Waals surface area (Å²) in [7, 11) is 0. The number of aliphatic hydroxyl groups excluding tert-OH is 1. The maximum absolute atomic E-state index is 12.7. The summed E-state index contributed by atoms with van der Waals surface area (Å²) in [5, 5.41) is 16.6. The third-order valence-corrected chi connectivity index (χ3v) is 7.48. The molecule has 2 unspecified atom stereocenters. The molecule has 2 aliphatic heterocycles. The monoisotopic (exact) mass is 530 g/mol. The third kappa shape index (κ3) is 5.45. The summed E-state index contributed by atoms with van der Waals surface area (Å²) in [4.78, 5) is 29.3. The Morgan fingerprint density at radius 1 is 1.19 bits per heavy atom. The first kappa shape index (κ1) is 24.5. The van der Waals surface area contributed by atoms with Gasteiger partial charge in [0.2, 0.25) is 0 Å². The Labute approximate surface area is 217 Å². The van der Waals surface area contributed by atoms with Crippen LogP contribution >= 0.6 is 22.9 Å². The number of halogens is 1. The van der Waals surface area contributed by atoms with E-state index in [0.717, 1.165) is 31.6 Å². The van der Waals surface area contributed by atoms with Crippen LogP contribution in [0.25, 0.3) is 0 Å². The fourth-order valence-corrected chi connectivity index (χ4v) is 5.41. The molecule has 36 heavy (non-hydrogen) atoms. The number of nitrogens with zero attached hydrogens (tertiary/aromatic N) is 2. The Hall–Kier alpha value is -3.21.